The predicted octanol–water partition coefficient (Wildman–Crippen LogP) is 3.64. The van der Waals surface area contributed by atoms with Gasteiger partial charge in [0.2, 0.25) is 0 Å². The highest BCUT2D eigenvalue weighted by Gasteiger charge is 2.25. The van der Waals surface area contributed by atoms with Crippen molar-refractivity contribution in [3.05, 3.63) is 23.8 Å². The zero-order chi connectivity index (χ0) is 14.8. The van der Waals surface area contributed by atoms with Gasteiger partial charge in [0.15, 0.2) is 5.17 Å². The smallest absolute Gasteiger partial charge is 0.286 e. The highest BCUT2D eigenvalue weighted by atomic mass is 32.2. The molecule has 0 atom stereocenters. The number of unbranched alkanes of at least 4 members (excludes halogenated alkanes) is 1. The number of anilines is 1. The fourth-order valence-corrected chi connectivity index (χ4v) is 4.13. The van der Waals surface area contributed by atoms with Crippen molar-refractivity contribution >= 4 is 32.6 Å². The van der Waals surface area contributed by atoms with Gasteiger partial charge in [0.05, 0.1) is 5.69 Å². The molecule has 110 valence electrons. The number of aryl methyl sites for hydroxylation is 1. The second-order valence-corrected chi connectivity index (χ2v) is 8.23. The number of fused-ring (bicyclic) bond motifs is 1. The van der Waals surface area contributed by atoms with E-state index in [2.05, 4.69) is 16.6 Å². The Labute approximate surface area is 125 Å². The van der Waals surface area contributed by atoms with Crippen molar-refractivity contribution in [1.82, 2.24) is 0 Å². The Morgan fingerprint density at radius 1 is 1.35 bits per heavy atom. The highest BCUT2D eigenvalue weighted by molar-refractivity contribution is 8.15. The first-order valence-corrected chi connectivity index (χ1v) is 9.16. The lowest BCUT2D eigenvalue weighted by Crippen LogP contribution is -2.20. The van der Waals surface area contributed by atoms with Crippen LogP contribution >= 0.6 is 11.8 Å². The van der Waals surface area contributed by atoms with Crippen molar-refractivity contribution in [1.29, 1.82) is 0 Å². The number of nitrogens with one attached hydrogen (secondary N) is 1. The molecule has 0 radical (unpaired) electrons. The summed E-state index contributed by atoms with van der Waals surface area (Å²) in [6.45, 7) is 6.13. The molecular weight excluding hydrogens is 292 g/mol. The molecule has 0 saturated carbocycles. The lowest BCUT2D eigenvalue weighted by molar-refractivity contribution is 0.597. The number of rotatable bonds is 4. The van der Waals surface area contributed by atoms with Gasteiger partial charge in [-0.2, -0.15) is 8.42 Å². The summed E-state index contributed by atoms with van der Waals surface area (Å²) >= 11 is 1.42. The summed E-state index contributed by atoms with van der Waals surface area (Å²) in [6.07, 6.45) is 3.05. The van der Waals surface area contributed by atoms with Crippen LogP contribution in [0.15, 0.2) is 27.5 Å². The third-order valence-electron chi connectivity index (χ3n) is 2.93. The topological polar surface area (TPSA) is 58.5 Å². The van der Waals surface area contributed by atoms with Crippen LogP contribution in [0, 0.1) is 0 Å². The van der Waals surface area contributed by atoms with E-state index in [9.17, 15) is 8.42 Å². The molecule has 1 aromatic carbocycles. The summed E-state index contributed by atoms with van der Waals surface area (Å²) in [4.78, 5) is 0.291. The van der Waals surface area contributed by atoms with Gasteiger partial charge in [0, 0.05) is 5.25 Å². The standard InChI is InChI=1S/C14H20N2O2S2/c1-4-5-6-11-7-8-12-13(9-11)20(17,18)16-14(15-12)19-10(2)3/h7-10H,4-6H2,1-3H3,(H,15,16). The third kappa shape index (κ3) is 3.55. The molecule has 6 heteroatoms. The van der Waals surface area contributed by atoms with E-state index >= 15 is 0 Å². The summed E-state index contributed by atoms with van der Waals surface area (Å²) < 4.78 is 28.4. The minimum atomic E-state index is -3.58. The van der Waals surface area contributed by atoms with E-state index in [0.717, 1.165) is 24.8 Å². The van der Waals surface area contributed by atoms with Crippen molar-refractivity contribution < 1.29 is 8.42 Å². The molecule has 4 nitrogen and oxygen atoms in total. The normalized spacial score (nSPS) is 16.5. The van der Waals surface area contributed by atoms with Crippen LogP contribution in [0.3, 0.4) is 0 Å². The van der Waals surface area contributed by atoms with Crippen LogP contribution in [0.4, 0.5) is 5.69 Å². The third-order valence-corrected chi connectivity index (χ3v) is 5.26. The molecule has 1 N–H and O–H groups in total. The molecule has 0 fully saturated rings. The minimum absolute atomic E-state index is 0.279. The highest BCUT2D eigenvalue weighted by Crippen LogP contribution is 2.31. The Morgan fingerprint density at radius 2 is 2.10 bits per heavy atom. The van der Waals surface area contributed by atoms with Crippen LogP contribution in [0.1, 0.15) is 39.2 Å². The first-order valence-electron chi connectivity index (χ1n) is 6.84. The van der Waals surface area contributed by atoms with Gasteiger partial charge >= 0.3 is 0 Å². The molecule has 0 bridgehead atoms. The van der Waals surface area contributed by atoms with Crippen molar-refractivity contribution in [3.63, 3.8) is 0 Å². The number of hydrogen-bond acceptors (Lipinski definition) is 4. The fraction of sp³-hybridized carbons (Fsp3) is 0.500. The predicted molar refractivity (Wildman–Crippen MR) is 86.0 cm³/mol. The average Bonchev–Trinajstić information content (AvgIpc) is 2.35. The molecule has 20 heavy (non-hydrogen) atoms. The number of amidine groups is 1. The second kappa shape index (κ2) is 6.18. The zero-order valence-corrected chi connectivity index (χ0v) is 13.6. The number of hydrogen-bond donors (Lipinski definition) is 1. The molecule has 0 aromatic heterocycles. The number of thioether (sulfide) groups is 1. The first-order chi connectivity index (χ1) is 9.42. The molecule has 0 unspecified atom stereocenters. The minimum Gasteiger partial charge on any atom is -0.333 e. The molecule has 0 aliphatic carbocycles. The summed E-state index contributed by atoms with van der Waals surface area (Å²) in [5.41, 5.74) is 1.68. The van der Waals surface area contributed by atoms with Crippen LogP contribution in [-0.2, 0) is 16.4 Å². The van der Waals surface area contributed by atoms with Crippen LogP contribution in [0.25, 0.3) is 0 Å². The molecule has 2 rings (SSSR count). The summed E-state index contributed by atoms with van der Waals surface area (Å²) in [6, 6.07) is 5.57. The molecule has 0 spiro atoms. The maximum atomic E-state index is 12.3. The maximum absolute atomic E-state index is 12.3. The Morgan fingerprint density at radius 3 is 2.75 bits per heavy atom. The average molecular weight is 312 g/mol. The van der Waals surface area contributed by atoms with Gasteiger partial charge in [0.25, 0.3) is 10.0 Å². The number of sulfonamides is 1. The van der Waals surface area contributed by atoms with Gasteiger partial charge in [-0.3, -0.25) is 0 Å². The van der Waals surface area contributed by atoms with Crippen LogP contribution in [0.5, 0.6) is 0 Å². The van der Waals surface area contributed by atoms with E-state index in [0.29, 0.717) is 15.8 Å². The van der Waals surface area contributed by atoms with Crippen molar-refractivity contribution in [2.75, 3.05) is 5.32 Å². The van der Waals surface area contributed by atoms with Crippen molar-refractivity contribution in [2.45, 2.75) is 50.2 Å². The van der Waals surface area contributed by atoms with Crippen molar-refractivity contribution in [2.24, 2.45) is 4.40 Å². The van der Waals surface area contributed by atoms with Gasteiger partial charge < -0.3 is 5.32 Å². The zero-order valence-electron chi connectivity index (χ0n) is 12.0. The molecule has 0 amide bonds. The second-order valence-electron chi connectivity index (χ2n) is 5.10. The quantitative estimate of drug-likeness (QED) is 0.922. The van der Waals surface area contributed by atoms with Gasteiger partial charge in [-0.15, -0.1) is 4.40 Å². The van der Waals surface area contributed by atoms with Crippen LogP contribution < -0.4 is 5.32 Å². The van der Waals surface area contributed by atoms with Gasteiger partial charge in [0.1, 0.15) is 4.90 Å². The van der Waals surface area contributed by atoms with E-state index in [-0.39, 0.29) is 5.25 Å². The van der Waals surface area contributed by atoms with E-state index in [4.69, 9.17) is 0 Å². The van der Waals surface area contributed by atoms with E-state index in [1.807, 2.05) is 26.0 Å². The number of benzene rings is 1. The molecule has 1 heterocycles. The fourth-order valence-electron chi connectivity index (χ4n) is 1.99. The van der Waals surface area contributed by atoms with E-state index in [1.54, 1.807) is 6.07 Å². The molecule has 1 aromatic rings. The monoisotopic (exact) mass is 312 g/mol. The Hall–Kier alpha value is -1.01. The summed E-state index contributed by atoms with van der Waals surface area (Å²) in [7, 11) is -3.58. The summed E-state index contributed by atoms with van der Waals surface area (Å²) in [5, 5.41) is 3.83. The summed E-state index contributed by atoms with van der Waals surface area (Å²) in [5.74, 6) is 0. The van der Waals surface area contributed by atoms with Crippen LogP contribution in [0.2, 0.25) is 0 Å². The van der Waals surface area contributed by atoms with Gasteiger partial charge in [-0.25, -0.2) is 0 Å². The molecule has 0 saturated heterocycles. The molecule has 1 aliphatic rings. The van der Waals surface area contributed by atoms with Crippen molar-refractivity contribution in [3.8, 4) is 0 Å². The van der Waals surface area contributed by atoms with E-state index in [1.165, 1.54) is 11.8 Å². The van der Waals surface area contributed by atoms with E-state index < -0.39 is 10.0 Å². The Kier molecular flexibility index (Phi) is 4.75. The lowest BCUT2D eigenvalue weighted by Gasteiger charge is -2.19. The van der Waals surface area contributed by atoms with Gasteiger partial charge in [-0.1, -0.05) is 45.0 Å². The largest absolute Gasteiger partial charge is 0.333 e. The SMILES string of the molecule is CCCCc1ccc2c(c1)S(=O)(=O)N=C(SC(C)C)N2. The Balaban J connectivity index is 2.32. The van der Waals surface area contributed by atoms with Crippen LogP contribution in [-0.4, -0.2) is 18.8 Å². The maximum Gasteiger partial charge on any atom is 0.286 e. The molecular formula is C14H20N2O2S2. The lowest BCUT2D eigenvalue weighted by atomic mass is 10.1. The Bertz CT molecular complexity index is 622. The molecule has 1 aliphatic heterocycles. The first kappa shape index (κ1) is 15.4. The van der Waals surface area contributed by atoms with Gasteiger partial charge in [-0.05, 0) is 30.5 Å². The number of nitrogens with zero attached hydrogens (tertiary/aromatic N) is 1.